The molecule has 3 fully saturated rings. The molecule has 208 valence electrons. The van der Waals surface area contributed by atoms with Gasteiger partial charge in [-0.05, 0) is 23.8 Å². The molecule has 0 aromatic carbocycles. The SMILES string of the molecule is COC[C@H](c1cnn2cc([C@@H](NC(=O)C(F)(F)F)[C@H]3[C@@H]4CC(F)(F)C[C@@H]43)nc2c1)N1CC(F)(F)CNC1=O. The third-order valence-electron chi connectivity index (χ3n) is 7.32. The first-order chi connectivity index (χ1) is 17.7. The molecule has 1 saturated heterocycles. The van der Waals surface area contributed by atoms with E-state index in [0.29, 0.717) is 0 Å². The van der Waals surface area contributed by atoms with Crippen LogP contribution in [-0.2, 0) is 9.53 Å². The maximum Gasteiger partial charge on any atom is 0.471 e. The molecule has 0 radical (unpaired) electrons. The minimum atomic E-state index is -5.19. The number of fused-ring (bicyclic) bond motifs is 2. The number of carbonyl (C=O) groups is 2. The summed E-state index contributed by atoms with van der Waals surface area (Å²) in [6.45, 7) is -1.86. The summed E-state index contributed by atoms with van der Waals surface area (Å²) < 4.78 is 101. The number of hydrogen-bond acceptors (Lipinski definition) is 5. The van der Waals surface area contributed by atoms with Gasteiger partial charge in [-0.1, -0.05) is 0 Å². The topological polar surface area (TPSA) is 101 Å². The molecule has 0 spiro atoms. The number of nitrogens with zero attached hydrogens (tertiary/aromatic N) is 4. The molecule has 2 aromatic rings. The zero-order chi connectivity index (χ0) is 27.6. The second-order valence-electron chi connectivity index (χ2n) is 9.99. The van der Waals surface area contributed by atoms with Gasteiger partial charge in [0.2, 0.25) is 5.92 Å². The van der Waals surface area contributed by atoms with Crippen molar-refractivity contribution in [2.45, 2.75) is 42.9 Å². The second kappa shape index (κ2) is 8.95. The smallest absolute Gasteiger partial charge is 0.382 e. The summed E-state index contributed by atoms with van der Waals surface area (Å²) in [6, 6.07) is -1.62. The van der Waals surface area contributed by atoms with Crippen LogP contribution in [0.4, 0.5) is 35.5 Å². The lowest BCUT2D eigenvalue weighted by Gasteiger charge is -2.38. The molecule has 5 rings (SSSR count). The van der Waals surface area contributed by atoms with Gasteiger partial charge in [0.25, 0.3) is 5.92 Å². The molecule has 1 aliphatic heterocycles. The Bertz CT molecular complexity index is 1240. The van der Waals surface area contributed by atoms with Gasteiger partial charge in [-0.15, -0.1) is 0 Å². The van der Waals surface area contributed by atoms with Crippen LogP contribution >= 0.6 is 0 Å². The van der Waals surface area contributed by atoms with Crippen molar-refractivity contribution in [1.29, 1.82) is 0 Å². The maximum absolute atomic E-state index is 14.0. The monoisotopic (exact) mass is 552 g/mol. The standard InChI is InChI=1S/C22H23F7N6O3/c1-38-7-14(34-9-21(25,26)8-30-19(34)37)10-2-15-32-13(6-35(15)31-5-10)17(33-18(36)22(27,28)29)16-11-3-20(23,24)4-12(11)16/h2,5-6,11-12,14,16-17H,3-4,7-9H2,1H3,(H,30,37)(H,33,36)/t11-,12+,14-,16+,17-/m1/s1. The highest BCUT2D eigenvalue weighted by atomic mass is 19.4. The number of hydrogen-bond donors (Lipinski definition) is 2. The van der Waals surface area contributed by atoms with Gasteiger partial charge in [0, 0.05) is 25.5 Å². The largest absolute Gasteiger partial charge is 0.471 e. The highest BCUT2D eigenvalue weighted by Crippen LogP contribution is 2.66. The number of alkyl halides is 7. The van der Waals surface area contributed by atoms with Crippen LogP contribution in [0.15, 0.2) is 18.5 Å². The van der Waals surface area contributed by atoms with E-state index in [2.05, 4.69) is 15.4 Å². The Morgan fingerprint density at radius 2 is 1.92 bits per heavy atom. The summed E-state index contributed by atoms with van der Waals surface area (Å²) in [4.78, 5) is 29.3. The highest BCUT2D eigenvalue weighted by Gasteiger charge is 2.66. The van der Waals surface area contributed by atoms with Crippen molar-refractivity contribution >= 4 is 17.6 Å². The minimum Gasteiger partial charge on any atom is -0.382 e. The Morgan fingerprint density at radius 1 is 1.24 bits per heavy atom. The lowest BCUT2D eigenvalue weighted by molar-refractivity contribution is -0.174. The van der Waals surface area contributed by atoms with E-state index in [-0.39, 0.29) is 23.5 Å². The molecule has 0 unspecified atom stereocenters. The zero-order valence-corrected chi connectivity index (χ0v) is 19.8. The van der Waals surface area contributed by atoms with E-state index < -0.39 is 85.7 Å². The second-order valence-corrected chi connectivity index (χ2v) is 9.99. The van der Waals surface area contributed by atoms with Gasteiger partial charge in [-0.2, -0.15) is 18.3 Å². The Balaban J connectivity index is 1.45. The van der Waals surface area contributed by atoms with Gasteiger partial charge in [-0.3, -0.25) is 4.79 Å². The van der Waals surface area contributed by atoms with Gasteiger partial charge >= 0.3 is 18.1 Å². The van der Waals surface area contributed by atoms with Crippen molar-refractivity contribution in [2.75, 3.05) is 26.8 Å². The molecular weight excluding hydrogens is 529 g/mol. The first-order valence-corrected chi connectivity index (χ1v) is 11.7. The summed E-state index contributed by atoms with van der Waals surface area (Å²) >= 11 is 0. The van der Waals surface area contributed by atoms with Gasteiger partial charge in [-0.25, -0.2) is 31.9 Å². The summed E-state index contributed by atoms with van der Waals surface area (Å²) in [7, 11) is 1.32. The predicted octanol–water partition coefficient (Wildman–Crippen LogP) is 3.09. The molecule has 3 amide bonds. The summed E-state index contributed by atoms with van der Waals surface area (Å²) in [5.41, 5.74) is 0.342. The number of rotatable bonds is 7. The Hall–Kier alpha value is -3.17. The number of aromatic nitrogens is 3. The third kappa shape index (κ3) is 4.97. The van der Waals surface area contributed by atoms with Gasteiger partial charge < -0.3 is 20.3 Å². The summed E-state index contributed by atoms with van der Waals surface area (Å²) in [5.74, 6) is -10.1. The number of methoxy groups -OCH3 is 1. The number of imidazole rings is 1. The minimum absolute atomic E-state index is 0.0134. The Morgan fingerprint density at radius 3 is 2.55 bits per heavy atom. The molecule has 9 nitrogen and oxygen atoms in total. The van der Waals surface area contributed by atoms with Crippen LogP contribution in [0, 0.1) is 17.8 Å². The van der Waals surface area contributed by atoms with Crippen LogP contribution in [-0.4, -0.2) is 76.3 Å². The molecule has 38 heavy (non-hydrogen) atoms. The van der Waals surface area contributed by atoms with E-state index in [1.807, 2.05) is 5.32 Å². The van der Waals surface area contributed by atoms with E-state index >= 15 is 0 Å². The van der Waals surface area contributed by atoms with Crippen molar-refractivity contribution in [3.05, 3.63) is 29.7 Å². The van der Waals surface area contributed by atoms with Crippen LogP contribution in [0.3, 0.4) is 0 Å². The van der Waals surface area contributed by atoms with E-state index in [1.165, 1.54) is 30.1 Å². The average Bonchev–Trinajstić information content (AvgIpc) is 3.14. The highest BCUT2D eigenvalue weighted by molar-refractivity contribution is 5.82. The fourth-order valence-electron chi connectivity index (χ4n) is 5.61. The van der Waals surface area contributed by atoms with Gasteiger partial charge in [0.05, 0.1) is 49.9 Å². The summed E-state index contributed by atoms with van der Waals surface area (Å²) in [6.07, 6.45) is -3.62. The number of nitrogens with one attached hydrogen (secondary N) is 2. The van der Waals surface area contributed by atoms with Crippen molar-refractivity contribution in [2.24, 2.45) is 17.8 Å². The van der Waals surface area contributed by atoms with E-state index in [1.54, 1.807) is 0 Å². The quantitative estimate of drug-likeness (QED) is 0.515. The van der Waals surface area contributed by atoms with Crippen LogP contribution < -0.4 is 10.6 Å². The van der Waals surface area contributed by atoms with E-state index in [0.717, 1.165) is 4.90 Å². The number of carbonyl (C=O) groups excluding carboxylic acids is 2. The van der Waals surface area contributed by atoms with Crippen molar-refractivity contribution in [1.82, 2.24) is 30.1 Å². The number of amides is 3. The molecule has 16 heteroatoms. The first kappa shape index (κ1) is 26.4. The molecule has 2 saturated carbocycles. The number of ether oxygens (including phenoxy) is 1. The van der Waals surface area contributed by atoms with E-state index in [4.69, 9.17) is 4.74 Å². The van der Waals surface area contributed by atoms with Crippen molar-refractivity contribution < 1.29 is 45.1 Å². The predicted molar refractivity (Wildman–Crippen MR) is 114 cm³/mol. The lowest BCUT2D eigenvalue weighted by atomic mass is 10.00. The molecule has 3 heterocycles. The molecule has 3 aliphatic rings. The fourth-order valence-corrected chi connectivity index (χ4v) is 5.61. The van der Waals surface area contributed by atoms with Crippen LogP contribution in [0.2, 0.25) is 0 Å². The molecule has 5 atom stereocenters. The van der Waals surface area contributed by atoms with E-state index in [9.17, 15) is 40.3 Å². The lowest BCUT2D eigenvalue weighted by Crippen LogP contribution is -2.58. The average molecular weight is 552 g/mol. The molecule has 0 bridgehead atoms. The number of urea groups is 1. The third-order valence-corrected chi connectivity index (χ3v) is 7.32. The van der Waals surface area contributed by atoms with Crippen LogP contribution in [0.5, 0.6) is 0 Å². The van der Waals surface area contributed by atoms with Crippen molar-refractivity contribution in [3.8, 4) is 0 Å². The maximum atomic E-state index is 14.0. The van der Waals surface area contributed by atoms with Gasteiger partial charge in [0.15, 0.2) is 5.65 Å². The van der Waals surface area contributed by atoms with Gasteiger partial charge in [0.1, 0.15) is 0 Å². The van der Waals surface area contributed by atoms with Crippen LogP contribution in [0.25, 0.3) is 5.65 Å². The Labute approximate surface area is 210 Å². The van der Waals surface area contributed by atoms with Crippen LogP contribution in [0.1, 0.15) is 36.2 Å². The normalized spacial score (nSPS) is 27.5. The molecule has 2 N–H and O–H groups in total. The first-order valence-electron chi connectivity index (χ1n) is 11.7. The number of halogens is 7. The molecule has 2 aliphatic carbocycles. The van der Waals surface area contributed by atoms with Crippen molar-refractivity contribution in [3.63, 3.8) is 0 Å². The Kier molecular flexibility index (Phi) is 6.23. The zero-order valence-electron chi connectivity index (χ0n) is 19.8. The molecular formula is C22H23F7N6O3. The summed E-state index contributed by atoms with van der Waals surface area (Å²) in [5, 5.41) is 8.16. The fraction of sp³-hybridized carbons (Fsp3) is 0.636. The molecule has 2 aromatic heterocycles.